The Morgan fingerprint density at radius 3 is 2.47 bits per heavy atom. The number of rotatable bonds is 8. The van der Waals surface area contributed by atoms with Crippen LogP contribution < -0.4 is 4.74 Å². The van der Waals surface area contributed by atoms with E-state index in [0.29, 0.717) is 19.6 Å². The maximum atomic E-state index is 13.3. The van der Waals surface area contributed by atoms with Crippen LogP contribution in [0, 0.1) is 16.0 Å². The van der Waals surface area contributed by atoms with Crippen LogP contribution in [0.25, 0.3) is 28.0 Å². The molecule has 4 aromatic rings. The average Bonchev–Trinajstić information content (AvgIpc) is 3.42. The van der Waals surface area contributed by atoms with Crippen LogP contribution in [0.5, 0.6) is 5.75 Å². The van der Waals surface area contributed by atoms with Gasteiger partial charge in [-0.1, -0.05) is 18.6 Å². The Morgan fingerprint density at radius 1 is 0.977 bits per heavy atom. The van der Waals surface area contributed by atoms with Gasteiger partial charge in [0.2, 0.25) is 5.91 Å². The number of benzene rings is 2. The van der Waals surface area contributed by atoms with Crippen LogP contribution in [0.1, 0.15) is 31.4 Å². The largest absolute Gasteiger partial charge is 0.497 e. The van der Waals surface area contributed by atoms with Crippen molar-refractivity contribution >= 4 is 17.2 Å². The highest BCUT2D eigenvalue weighted by atomic mass is 16.6. The average molecular weight is 584 g/mol. The van der Waals surface area contributed by atoms with E-state index >= 15 is 0 Å². The first kappa shape index (κ1) is 28.8. The quantitative estimate of drug-likeness (QED) is 0.201. The summed E-state index contributed by atoms with van der Waals surface area (Å²) in [7, 11) is 3.39. The number of piperazine rings is 1. The molecular formula is C33H37N5O5. The summed E-state index contributed by atoms with van der Waals surface area (Å²) in [5.41, 5.74) is 5.39. The molecule has 2 fully saturated rings. The van der Waals surface area contributed by atoms with Gasteiger partial charge < -0.3 is 18.8 Å². The smallest absolute Gasteiger partial charge is 0.270 e. The third-order valence-electron chi connectivity index (χ3n) is 8.84. The van der Waals surface area contributed by atoms with E-state index in [4.69, 9.17) is 14.5 Å². The van der Waals surface area contributed by atoms with Gasteiger partial charge in [0.05, 0.1) is 29.5 Å². The summed E-state index contributed by atoms with van der Waals surface area (Å²) in [6, 6.07) is 18.5. The molecule has 224 valence electrons. The fourth-order valence-corrected chi connectivity index (χ4v) is 6.37. The molecule has 2 aromatic heterocycles. The summed E-state index contributed by atoms with van der Waals surface area (Å²) in [4.78, 5) is 33.8. The number of carbonyl (C=O) groups excluding carboxylic acids is 1. The lowest BCUT2D eigenvalue weighted by Gasteiger charge is -2.38. The minimum absolute atomic E-state index is 0.0536. The summed E-state index contributed by atoms with van der Waals surface area (Å²) in [5.74, 6) is 1.09. The highest BCUT2D eigenvalue weighted by Crippen LogP contribution is 2.32. The lowest BCUT2D eigenvalue weighted by Crippen LogP contribution is -2.50. The van der Waals surface area contributed by atoms with Crippen LogP contribution in [0.4, 0.5) is 5.69 Å². The monoisotopic (exact) mass is 583 g/mol. The Kier molecular flexibility index (Phi) is 8.40. The highest BCUT2D eigenvalue weighted by molar-refractivity contribution is 5.79. The number of nitrogens with zero attached hydrogens (tertiary/aromatic N) is 5. The van der Waals surface area contributed by atoms with E-state index in [2.05, 4.69) is 9.30 Å². The van der Waals surface area contributed by atoms with Gasteiger partial charge in [0.25, 0.3) is 5.69 Å². The third kappa shape index (κ3) is 6.11. The zero-order valence-electron chi connectivity index (χ0n) is 24.6. The number of methoxy groups -OCH3 is 2. The Bertz CT molecular complexity index is 1610. The van der Waals surface area contributed by atoms with Gasteiger partial charge in [-0.2, -0.15) is 0 Å². The van der Waals surface area contributed by atoms with Crippen LogP contribution in [-0.4, -0.2) is 76.5 Å². The number of pyridine rings is 1. The molecule has 3 heterocycles. The van der Waals surface area contributed by atoms with Gasteiger partial charge in [0.1, 0.15) is 11.4 Å². The molecule has 10 heteroatoms. The number of aromatic nitrogens is 2. The van der Waals surface area contributed by atoms with E-state index in [-0.39, 0.29) is 28.5 Å². The van der Waals surface area contributed by atoms with Crippen LogP contribution >= 0.6 is 0 Å². The Hall–Kier alpha value is -4.28. The zero-order chi connectivity index (χ0) is 29.9. The van der Waals surface area contributed by atoms with E-state index in [9.17, 15) is 14.9 Å². The second kappa shape index (κ2) is 12.5. The fourth-order valence-electron chi connectivity index (χ4n) is 6.37. The van der Waals surface area contributed by atoms with Crippen molar-refractivity contribution in [1.29, 1.82) is 0 Å². The SMILES string of the molecule is COc1ccc(-c2nc3ccc(-c4cccc([N+](=O)[O-])c4)cn3c2CN2CCN(C(=O)[C@H]3CCC[C@@H](OC)C3)CC2)cc1. The molecule has 1 saturated heterocycles. The fraction of sp³-hybridized carbons (Fsp3) is 0.394. The molecule has 0 bridgehead atoms. The van der Waals surface area contributed by atoms with E-state index in [1.54, 1.807) is 26.4 Å². The number of nitro groups is 1. The zero-order valence-corrected chi connectivity index (χ0v) is 24.6. The van der Waals surface area contributed by atoms with Crippen LogP contribution in [0.15, 0.2) is 66.9 Å². The predicted octanol–water partition coefficient (Wildman–Crippen LogP) is 5.43. The summed E-state index contributed by atoms with van der Waals surface area (Å²) < 4.78 is 13.0. The molecule has 1 aliphatic carbocycles. The van der Waals surface area contributed by atoms with Crippen molar-refractivity contribution in [3.63, 3.8) is 0 Å². The van der Waals surface area contributed by atoms with Crippen molar-refractivity contribution in [3.8, 4) is 28.1 Å². The van der Waals surface area contributed by atoms with Gasteiger partial charge in [-0.25, -0.2) is 4.98 Å². The van der Waals surface area contributed by atoms with Crippen molar-refractivity contribution in [2.45, 2.75) is 38.3 Å². The first-order chi connectivity index (χ1) is 20.9. The van der Waals surface area contributed by atoms with Crippen molar-refractivity contribution in [3.05, 3.63) is 82.7 Å². The molecule has 6 rings (SSSR count). The third-order valence-corrected chi connectivity index (χ3v) is 8.84. The minimum Gasteiger partial charge on any atom is -0.497 e. The molecule has 10 nitrogen and oxygen atoms in total. The van der Waals surface area contributed by atoms with E-state index in [1.807, 2.05) is 53.6 Å². The lowest BCUT2D eigenvalue weighted by molar-refractivity contribution is -0.384. The Morgan fingerprint density at radius 2 is 1.74 bits per heavy atom. The second-order valence-electron chi connectivity index (χ2n) is 11.4. The molecule has 0 unspecified atom stereocenters. The molecule has 1 aliphatic heterocycles. The number of fused-ring (bicyclic) bond motifs is 1. The van der Waals surface area contributed by atoms with Crippen LogP contribution in [-0.2, 0) is 16.1 Å². The molecule has 1 saturated carbocycles. The highest BCUT2D eigenvalue weighted by Gasteiger charge is 2.32. The van der Waals surface area contributed by atoms with Gasteiger partial charge >= 0.3 is 0 Å². The Balaban J connectivity index is 1.27. The maximum absolute atomic E-state index is 13.3. The number of carbonyl (C=O) groups is 1. The predicted molar refractivity (Wildman–Crippen MR) is 164 cm³/mol. The van der Waals surface area contributed by atoms with Crippen LogP contribution in [0.2, 0.25) is 0 Å². The van der Waals surface area contributed by atoms with Crippen molar-refractivity contribution < 1.29 is 19.2 Å². The molecule has 0 spiro atoms. The van der Waals surface area contributed by atoms with Crippen LogP contribution in [0.3, 0.4) is 0 Å². The number of imidazole rings is 1. The van der Waals surface area contributed by atoms with Crippen molar-refractivity contribution in [1.82, 2.24) is 19.2 Å². The normalized spacial score (nSPS) is 19.4. The number of nitro benzene ring substituents is 1. The molecule has 1 amide bonds. The van der Waals surface area contributed by atoms with Gasteiger partial charge in [-0.15, -0.1) is 0 Å². The van der Waals surface area contributed by atoms with Gasteiger partial charge in [0, 0.05) is 69.6 Å². The molecule has 0 N–H and O–H groups in total. The van der Waals surface area contributed by atoms with Crippen molar-refractivity contribution in [2.24, 2.45) is 5.92 Å². The van der Waals surface area contributed by atoms with E-state index in [1.165, 1.54) is 6.07 Å². The number of hydrogen-bond acceptors (Lipinski definition) is 7. The summed E-state index contributed by atoms with van der Waals surface area (Å²) in [5, 5.41) is 11.4. The van der Waals surface area contributed by atoms with Gasteiger partial charge in [-0.05, 0) is 66.8 Å². The van der Waals surface area contributed by atoms with Gasteiger partial charge in [0.15, 0.2) is 0 Å². The lowest BCUT2D eigenvalue weighted by atomic mass is 9.86. The number of amides is 1. The molecule has 2 aromatic carbocycles. The summed E-state index contributed by atoms with van der Waals surface area (Å²) >= 11 is 0. The second-order valence-corrected chi connectivity index (χ2v) is 11.4. The topological polar surface area (TPSA) is 102 Å². The standard InChI is InChI=1S/C33H37N5O5/c1-42-28-12-9-23(10-13-28)32-30(22-35-15-17-36(18-16-35)33(39)25-6-4-8-29(20-25)43-2)37-21-26(11-14-31(37)34-32)24-5-3-7-27(19-24)38(40)41/h3,5,7,9-14,19,21,25,29H,4,6,8,15-18,20,22H2,1-2H3/t25-,29+/m0/s1. The van der Waals surface area contributed by atoms with Crippen molar-refractivity contribution in [2.75, 3.05) is 40.4 Å². The van der Waals surface area contributed by atoms with E-state index in [0.717, 1.165) is 78.2 Å². The minimum atomic E-state index is -0.374. The summed E-state index contributed by atoms with van der Waals surface area (Å²) in [6.45, 7) is 3.58. The molecule has 2 aliphatic rings. The molecule has 2 atom stereocenters. The Labute approximate surface area is 251 Å². The molecule has 0 radical (unpaired) electrons. The maximum Gasteiger partial charge on any atom is 0.270 e. The first-order valence-electron chi connectivity index (χ1n) is 14.9. The summed E-state index contributed by atoms with van der Waals surface area (Å²) in [6.07, 6.45) is 6.03. The molecular weight excluding hydrogens is 546 g/mol. The number of hydrogen-bond donors (Lipinski definition) is 0. The number of ether oxygens (including phenoxy) is 2. The van der Waals surface area contributed by atoms with Gasteiger partial charge in [-0.3, -0.25) is 19.8 Å². The number of non-ortho nitro benzene ring substituents is 1. The van der Waals surface area contributed by atoms with E-state index < -0.39 is 0 Å². The molecule has 43 heavy (non-hydrogen) atoms. The first-order valence-corrected chi connectivity index (χ1v) is 14.9.